The van der Waals surface area contributed by atoms with Crippen LogP contribution < -0.4 is 10.9 Å². The highest BCUT2D eigenvalue weighted by Gasteiger charge is 2.37. The van der Waals surface area contributed by atoms with Crippen LogP contribution in [0.3, 0.4) is 0 Å². The SMILES string of the molecule is O=C(NC(CC(=O)N1CCC(OC2CCN(CC(=O)N3CCN(C(=O)c4cc(Cc5n[nH]c(=O)c6ccccc56)ccc4F)CC3)CC2)CC1)CC1CCCCC1)c1cccc([C@@H]2CCCN(C(=O)C3CC3)C2)c1F. The molecule has 3 aromatic carbocycles. The van der Waals surface area contributed by atoms with E-state index in [-0.39, 0.29) is 71.4 Å². The molecule has 17 heteroatoms. The Balaban J connectivity index is 0.652. The van der Waals surface area contributed by atoms with Crippen molar-refractivity contribution in [1.82, 2.24) is 40.0 Å². The number of fused-ring (bicyclic) bond motifs is 1. The van der Waals surface area contributed by atoms with E-state index >= 15 is 8.78 Å². The van der Waals surface area contributed by atoms with Crippen molar-refractivity contribution in [3.8, 4) is 0 Å². The molecule has 5 heterocycles. The minimum Gasteiger partial charge on any atom is -0.375 e. The van der Waals surface area contributed by atoms with Gasteiger partial charge in [0.1, 0.15) is 11.6 Å². The van der Waals surface area contributed by atoms with Crippen molar-refractivity contribution in [2.45, 2.75) is 127 Å². The molecule has 6 aliphatic rings. The van der Waals surface area contributed by atoms with Crippen LogP contribution >= 0.6 is 0 Å². The van der Waals surface area contributed by atoms with Crippen molar-refractivity contribution in [2.75, 3.05) is 72.0 Å². The van der Waals surface area contributed by atoms with Gasteiger partial charge in [-0.25, -0.2) is 13.9 Å². The number of aromatic amines is 1. The minimum atomic E-state index is -0.618. The van der Waals surface area contributed by atoms with Crippen LogP contribution in [0.1, 0.15) is 140 Å². The topological polar surface area (TPSA) is 169 Å². The largest absolute Gasteiger partial charge is 0.375 e. The Morgan fingerprint density at radius 2 is 1.37 bits per heavy atom. The molecule has 5 amide bonds. The molecule has 2 atom stereocenters. The molecule has 0 radical (unpaired) electrons. The van der Waals surface area contributed by atoms with Gasteiger partial charge in [-0.2, -0.15) is 5.10 Å². The van der Waals surface area contributed by atoms with Gasteiger partial charge in [0.2, 0.25) is 17.7 Å². The second-order valence-electron chi connectivity index (χ2n) is 22.1. The zero-order valence-electron chi connectivity index (χ0n) is 43.1. The predicted molar refractivity (Wildman–Crippen MR) is 279 cm³/mol. The monoisotopic (exact) mass is 1030 g/mol. The second-order valence-corrected chi connectivity index (χ2v) is 22.1. The third kappa shape index (κ3) is 12.8. The number of nitrogens with zero attached hydrogens (tertiary/aromatic N) is 6. The van der Waals surface area contributed by atoms with Crippen LogP contribution in [0.15, 0.2) is 65.5 Å². The van der Waals surface area contributed by atoms with Gasteiger partial charge < -0.3 is 29.7 Å². The summed E-state index contributed by atoms with van der Waals surface area (Å²) in [7, 11) is 0. The molecule has 15 nitrogen and oxygen atoms in total. The summed E-state index contributed by atoms with van der Waals surface area (Å²) in [6, 6.07) is 16.2. The molecule has 4 saturated heterocycles. The van der Waals surface area contributed by atoms with E-state index < -0.39 is 29.5 Å². The molecular formula is C58H72F2N8O7. The van der Waals surface area contributed by atoms with Gasteiger partial charge in [0.15, 0.2) is 0 Å². The Bertz CT molecular complexity index is 2770. The third-order valence-electron chi connectivity index (χ3n) is 16.9. The number of H-pyrrole nitrogens is 1. The van der Waals surface area contributed by atoms with Gasteiger partial charge in [-0.3, -0.25) is 33.7 Å². The van der Waals surface area contributed by atoms with Gasteiger partial charge in [-0.15, -0.1) is 0 Å². The Morgan fingerprint density at radius 3 is 2.11 bits per heavy atom. The Hall–Kier alpha value is -6.07. The van der Waals surface area contributed by atoms with Crippen molar-refractivity contribution in [3.63, 3.8) is 0 Å². The van der Waals surface area contributed by atoms with E-state index in [4.69, 9.17) is 4.74 Å². The van der Waals surface area contributed by atoms with Gasteiger partial charge >= 0.3 is 0 Å². The number of hydrogen-bond donors (Lipinski definition) is 2. The molecule has 75 heavy (non-hydrogen) atoms. The number of carbonyl (C=O) groups is 5. The number of ether oxygens (including phenoxy) is 1. The first-order chi connectivity index (χ1) is 36.4. The number of halogens is 2. The van der Waals surface area contributed by atoms with Crippen LogP contribution in [0.25, 0.3) is 10.8 Å². The van der Waals surface area contributed by atoms with E-state index in [0.717, 1.165) is 77.3 Å². The van der Waals surface area contributed by atoms with Gasteiger partial charge in [0.05, 0.1) is 41.0 Å². The highest BCUT2D eigenvalue weighted by Crippen LogP contribution is 2.36. The smallest absolute Gasteiger partial charge is 0.272 e. The Labute approximate surface area is 437 Å². The minimum absolute atomic E-state index is 0.000952. The lowest BCUT2D eigenvalue weighted by molar-refractivity contribution is -0.137. The first-order valence-corrected chi connectivity index (χ1v) is 27.8. The normalized spacial score (nSPS) is 21.1. The molecule has 2 aliphatic carbocycles. The quantitative estimate of drug-likeness (QED) is 0.130. The summed E-state index contributed by atoms with van der Waals surface area (Å²) >= 11 is 0. The number of rotatable bonds is 15. The van der Waals surface area contributed by atoms with Crippen molar-refractivity contribution in [1.29, 1.82) is 0 Å². The highest BCUT2D eigenvalue weighted by atomic mass is 19.1. The zero-order valence-corrected chi connectivity index (χ0v) is 43.1. The molecule has 1 unspecified atom stereocenters. The molecular weight excluding hydrogens is 959 g/mol. The summed E-state index contributed by atoms with van der Waals surface area (Å²) < 4.78 is 38.0. The lowest BCUT2D eigenvalue weighted by Crippen LogP contribution is -2.53. The average Bonchev–Trinajstić information content (AvgIpc) is 4.29. The van der Waals surface area contributed by atoms with E-state index in [1.807, 2.05) is 21.9 Å². The lowest BCUT2D eigenvalue weighted by Gasteiger charge is -2.39. The van der Waals surface area contributed by atoms with Crippen molar-refractivity contribution in [2.24, 2.45) is 11.8 Å². The van der Waals surface area contributed by atoms with Crippen LogP contribution in [0, 0.1) is 23.5 Å². The van der Waals surface area contributed by atoms with Crippen LogP contribution in [-0.2, 0) is 25.5 Å². The fourth-order valence-electron chi connectivity index (χ4n) is 12.4. The molecule has 2 saturated carbocycles. The van der Waals surface area contributed by atoms with Crippen LogP contribution in [0.5, 0.6) is 0 Å². The van der Waals surface area contributed by atoms with Crippen LogP contribution in [-0.4, -0.2) is 154 Å². The summed E-state index contributed by atoms with van der Waals surface area (Å²) in [6.45, 7) is 5.30. The molecule has 0 spiro atoms. The van der Waals surface area contributed by atoms with E-state index in [0.29, 0.717) is 112 Å². The summed E-state index contributed by atoms with van der Waals surface area (Å²) in [5, 5.41) is 11.1. The Kier molecular flexibility index (Phi) is 16.7. The van der Waals surface area contributed by atoms with Crippen LogP contribution in [0.4, 0.5) is 8.78 Å². The number of carbonyl (C=O) groups excluding carboxylic acids is 5. The van der Waals surface area contributed by atoms with Gasteiger partial charge in [-0.05, 0) is 99.1 Å². The van der Waals surface area contributed by atoms with Gasteiger partial charge in [0, 0.05) is 102 Å². The fourth-order valence-corrected chi connectivity index (χ4v) is 12.4. The number of piperazine rings is 1. The lowest BCUT2D eigenvalue weighted by atomic mass is 9.84. The number of likely N-dealkylation sites (tertiary alicyclic amines) is 3. The number of nitrogens with one attached hydrogen (secondary N) is 2. The van der Waals surface area contributed by atoms with Crippen LogP contribution in [0.2, 0.25) is 0 Å². The van der Waals surface area contributed by atoms with E-state index in [1.54, 1.807) is 46.2 Å². The molecule has 10 rings (SSSR count). The van der Waals surface area contributed by atoms with E-state index in [9.17, 15) is 28.8 Å². The number of amides is 5. The fraction of sp³-hybridized carbons (Fsp3) is 0.569. The second kappa shape index (κ2) is 23.9. The molecule has 4 aromatic rings. The molecule has 0 bridgehead atoms. The van der Waals surface area contributed by atoms with E-state index in [1.165, 1.54) is 18.6 Å². The maximum atomic E-state index is 16.3. The van der Waals surface area contributed by atoms with Crippen molar-refractivity contribution in [3.05, 3.63) is 111 Å². The first kappa shape index (κ1) is 52.4. The molecule has 2 N–H and O–H groups in total. The zero-order chi connectivity index (χ0) is 52.0. The molecule has 4 aliphatic heterocycles. The summed E-state index contributed by atoms with van der Waals surface area (Å²) in [4.78, 5) is 89.3. The van der Waals surface area contributed by atoms with E-state index in [2.05, 4.69) is 20.4 Å². The Morgan fingerprint density at radius 1 is 0.680 bits per heavy atom. The average molecular weight is 1030 g/mol. The third-order valence-corrected chi connectivity index (χ3v) is 16.9. The number of piperidine rings is 3. The summed E-state index contributed by atoms with van der Waals surface area (Å²) in [5.74, 6) is -1.57. The molecule has 6 fully saturated rings. The number of aromatic nitrogens is 2. The van der Waals surface area contributed by atoms with Crippen molar-refractivity contribution >= 4 is 40.3 Å². The number of benzene rings is 3. The number of hydrogen-bond acceptors (Lipinski definition) is 9. The van der Waals surface area contributed by atoms with Gasteiger partial charge in [0.25, 0.3) is 17.4 Å². The summed E-state index contributed by atoms with van der Waals surface area (Å²) in [5.41, 5.74) is 1.45. The summed E-state index contributed by atoms with van der Waals surface area (Å²) in [6.07, 6.45) is 13.2. The van der Waals surface area contributed by atoms with Crippen molar-refractivity contribution < 1.29 is 37.5 Å². The first-order valence-electron chi connectivity index (χ1n) is 27.8. The maximum absolute atomic E-state index is 16.3. The molecule has 400 valence electrons. The predicted octanol–water partition coefficient (Wildman–Crippen LogP) is 6.82. The van der Waals surface area contributed by atoms with Gasteiger partial charge in [-0.1, -0.05) is 68.5 Å². The maximum Gasteiger partial charge on any atom is 0.272 e. The highest BCUT2D eigenvalue weighted by molar-refractivity contribution is 5.96. The standard InChI is InChI=1S/C58H72F2N8O7/c59-50-18-15-39(34-51-46-11-4-5-12-47(46)56(72)63-62-51)33-49(50)58(74)67-30-28-66(29-31-67)53(70)37-64-24-19-43(20-25-64)75-44-21-26-65(27-22-44)52(69)35-42(32-38-8-2-1-3-9-38)61-55(71)48-14-6-13-45(54(48)60)41-10-7-23-68(36-41)57(73)40-16-17-40/h4-6,11-15,18,33,38,40-44H,1-3,7-10,16-17,19-32,34-37H2,(H,61,71)(H,63,72)/t41-,42?/m1/s1. The molecule has 1 aromatic heterocycles.